The van der Waals surface area contributed by atoms with Crippen LogP contribution in [0.15, 0.2) is 24.3 Å². The highest BCUT2D eigenvalue weighted by Gasteiger charge is 2.25. The number of hydrogen-bond acceptors (Lipinski definition) is 0. The molecule has 2 aliphatic rings. The smallest absolute Gasteiger partial charge is 0.302 e. The van der Waals surface area contributed by atoms with Gasteiger partial charge in [-0.2, -0.15) is 0 Å². The standard InChI is InChI=1S/C17H24N4/c1-14-7-9-15(10-8-14)18-17(21-12-3-4-13-21)19-16-6-5-11-20(16)2/h7-10H,3-6,11-13H2,1-2H3/p+1. The van der Waals surface area contributed by atoms with Gasteiger partial charge in [0.05, 0.1) is 25.3 Å². The van der Waals surface area contributed by atoms with Crippen molar-refractivity contribution in [2.24, 2.45) is 0 Å². The lowest BCUT2D eigenvalue weighted by Gasteiger charge is -2.13. The van der Waals surface area contributed by atoms with E-state index in [2.05, 4.69) is 53.4 Å². The third-order valence-corrected chi connectivity index (χ3v) is 4.28. The molecular weight excluding hydrogens is 260 g/mol. The molecule has 2 saturated heterocycles. The maximum Gasteiger partial charge on any atom is 0.401 e. The first-order valence-corrected chi connectivity index (χ1v) is 7.97. The van der Waals surface area contributed by atoms with E-state index in [4.69, 9.17) is 4.67 Å². The summed E-state index contributed by atoms with van der Waals surface area (Å²) in [7, 11) is 2.14. The molecule has 0 aromatic heterocycles. The lowest BCUT2D eigenvalue weighted by atomic mass is 10.2. The molecule has 1 aromatic rings. The normalized spacial score (nSPS) is 18.1. The zero-order valence-electron chi connectivity index (χ0n) is 13.1. The highest BCUT2D eigenvalue weighted by atomic mass is 15.3. The number of rotatable bonds is 1. The van der Waals surface area contributed by atoms with Gasteiger partial charge in [0.1, 0.15) is 0 Å². The Balaban J connectivity index is 1.89. The van der Waals surface area contributed by atoms with Crippen LogP contribution < -0.4 is 9.98 Å². The number of nitrogens with one attached hydrogen (secondary N) is 1. The predicted molar refractivity (Wildman–Crippen MR) is 89.6 cm³/mol. The first kappa shape index (κ1) is 14.0. The quantitative estimate of drug-likeness (QED) is 0.487. The second-order valence-corrected chi connectivity index (χ2v) is 6.06. The Morgan fingerprint density at radius 2 is 1.76 bits per heavy atom. The van der Waals surface area contributed by atoms with Crippen LogP contribution in [0.5, 0.6) is 0 Å². The largest absolute Gasteiger partial charge is 0.401 e. The topological polar surface area (TPSA) is 32.6 Å². The van der Waals surface area contributed by atoms with E-state index in [0.717, 1.165) is 37.7 Å². The van der Waals surface area contributed by atoms with Crippen molar-refractivity contribution in [3.63, 3.8) is 0 Å². The number of hydrogen-bond donors (Lipinski definition) is 1. The molecule has 4 heteroatoms. The summed E-state index contributed by atoms with van der Waals surface area (Å²) in [5.74, 6) is 2.22. The molecule has 2 fully saturated rings. The SMILES string of the molecule is Cc1ccc(NC(=[N+]=C2CCCN2C)N2CCCC2)cc1. The molecule has 0 unspecified atom stereocenters. The van der Waals surface area contributed by atoms with Crippen molar-refractivity contribution < 1.29 is 0 Å². The lowest BCUT2D eigenvalue weighted by Crippen LogP contribution is -2.38. The summed E-state index contributed by atoms with van der Waals surface area (Å²) >= 11 is 0. The maximum atomic E-state index is 4.93. The van der Waals surface area contributed by atoms with Crippen LogP contribution in [0.3, 0.4) is 0 Å². The first-order valence-electron chi connectivity index (χ1n) is 7.97. The van der Waals surface area contributed by atoms with Crippen LogP contribution in [-0.4, -0.2) is 48.3 Å². The summed E-state index contributed by atoms with van der Waals surface area (Å²) in [6.07, 6.45) is 4.83. The fraction of sp³-hybridized carbons (Fsp3) is 0.529. The Morgan fingerprint density at radius 1 is 1.05 bits per heavy atom. The van der Waals surface area contributed by atoms with Crippen LogP contribution in [-0.2, 0) is 0 Å². The van der Waals surface area contributed by atoms with Crippen molar-refractivity contribution >= 4 is 17.5 Å². The lowest BCUT2D eigenvalue weighted by molar-refractivity contribution is 0.514. The molecule has 3 rings (SSSR count). The Bertz CT molecular complexity index is 549. The summed E-state index contributed by atoms with van der Waals surface area (Å²) in [4.78, 5) is 4.64. The van der Waals surface area contributed by atoms with E-state index in [1.54, 1.807) is 0 Å². The van der Waals surface area contributed by atoms with Gasteiger partial charge in [-0.3, -0.25) is 10.2 Å². The van der Waals surface area contributed by atoms with E-state index >= 15 is 0 Å². The third-order valence-electron chi connectivity index (χ3n) is 4.28. The zero-order chi connectivity index (χ0) is 14.7. The average molecular weight is 285 g/mol. The van der Waals surface area contributed by atoms with Crippen LogP contribution in [0.1, 0.15) is 31.2 Å². The predicted octanol–water partition coefficient (Wildman–Crippen LogP) is 2.05. The van der Waals surface area contributed by atoms with Gasteiger partial charge in [0.15, 0.2) is 0 Å². The van der Waals surface area contributed by atoms with Crippen molar-refractivity contribution in [3.8, 4) is 0 Å². The first-order chi connectivity index (χ1) is 10.2. The Kier molecular flexibility index (Phi) is 4.16. The van der Waals surface area contributed by atoms with E-state index in [0.29, 0.717) is 0 Å². The molecule has 2 aliphatic heterocycles. The summed E-state index contributed by atoms with van der Waals surface area (Å²) < 4.78 is 4.93. The van der Waals surface area contributed by atoms with E-state index in [1.165, 1.54) is 30.7 Å². The minimum atomic E-state index is 1.01. The summed E-state index contributed by atoms with van der Waals surface area (Å²) in [6.45, 7) is 5.45. The second kappa shape index (κ2) is 6.23. The molecule has 0 aliphatic carbocycles. The molecule has 1 aromatic carbocycles. The van der Waals surface area contributed by atoms with Crippen LogP contribution in [0, 0.1) is 6.92 Å². The second-order valence-electron chi connectivity index (χ2n) is 6.06. The molecule has 1 N–H and O–H groups in total. The Labute approximate surface area is 127 Å². The van der Waals surface area contributed by atoms with Gasteiger partial charge in [0.25, 0.3) is 5.84 Å². The highest BCUT2D eigenvalue weighted by molar-refractivity contribution is 5.97. The van der Waals surface area contributed by atoms with E-state index in [1.807, 2.05) is 0 Å². The fourth-order valence-corrected chi connectivity index (χ4v) is 2.93. The summed E-state index contributed by atoms with van der Waals surface area (Å²) in [5, 5.41) is 3.52. The van der Waals surface area contributed by atoms with Crippen molar-refractivity contribution in [1.29, 1.82) is 0 Å². The molecule has 0 atom stereocenters. The zero-order valence-corrected chi connectivity index (χ0v) is 13.1. The molecular formula is C17H25N4+. The van der Waals surface area contributed by atoms with Crippen molar-refractivity contribution in [1.82, 2.24) is 14.5 Å². The average Bonchev–Trinajstić information content (AvgIpc) is 3.13. The highest BCUT2D eigenvalue weighted by Crippen LogP contribution is 2.13. The Morgan fingerprint density at radius 3 is 2.38 bits per heavy atom. The van der Waals surface area contributed by atoms with Gasteiger partial charge in [0.2, 0.25) is 0 Å². The third kappa shape index (κ3) is 3.40. The van der Waals surface area contributed by atoms with Gasteiger partial charge < -0.3 is 4.90 Å². The van der Waals surface area contributed by atoms with E-state index < -0.39 is 0 Å². The molecule has 0 radical (unpaired) electrons. The van der Waals surface area contributed by atoms with Gasteiger partial charge in [-0.05, 0) is 38.3 Å². The Hall–Kier alpha value is -1.93. The van der Waals surface area contributed by atoms with Gasteiger partial charge in [-0.25, -0.2) is 4.67 Å². The molecule has 4 nitrogen and oxygen atoms in total. The number of guanidine groups is 1. The number of benzene rings is 1. The molecule has 0 saturated carbocycles. The molecule has 0 bridgehead atoms. The van der Waals surface area contributed by atoms with Crippen LogP contribution in [0.25, 0.3) is 0 Å². The van der Waals surface area contributed by atoms with E-state index in [9.17, 15) is 0 Å². The summed E-state index contributed by atoms with van der Waals surface area (Å²) in [5.41, 5.74) is 2.40. The van der Waals surface area contributed by atoms with Crippen LogP contribution in [0.4, 0.5) is 5.69 Å². The van der Waals surface area contributed by atoms with Crippen molar-refractivity contribution in [2.45, 2.75) is 32.6 Å². The number of aryl methyl sites for hydroxylation is 1. The summed E-state index contributed by atoms with van der Waals surface area (Å²) in [6, 6.07) is 8.53. The van der Waals surface area contributed by atoms with Gasteiger partial charge in [-0.1, -0.05) is 17.7 Å². The molecule has 2 heterocycles. The molecule has 0 amide bonds. The van der Waals surface area contributed by atoms with Crippen LogP contribution >= 0.6 is 0 Å². The monoisotopic (exact) mass is 285 g/mol. The fourth-order valence-electron chi connectivity index (χ4n) is 2.93. The van der Waals surface area contributed by atoms with Crippen molar-refractivity contribution in [3.05, 3.63) is 29.8 Å². The number of anilines is 1. The number of nitrogens with zero attached hydrogens (tertiary/aromatic N) is 3. The van der Waals surface area contributed by atoms with Gasteiger partial charge in [-0.15, -0.1) is 0 Å². The van der Waals surface area contributed by atoms with Gasteiger partial charge >= 0.3 is 5.96 Å². The van der Waals surface area contributed by atoms with E-state index in [-0.39, 0.29) is 0 Å². The maximum absolute atomic E-state index is 4.93. The van der Waals surface area contributed by atoms with Gasteiger partial charge in [0, 0.05) is 13.5 Å². The number of amidine groups is 1. The van der Waals surface area contributed by atoms with Crippen molar-refractivity contribution in [2.75, 3.05) is 32.0 Å². The number of likely N-dealkylation sites (tertiary alicyclic amines) is 2. The van der Waals surface area contributed by atoms with Crippen LogP contribution in [0.2, 0.25) is 0 Å². The minimum Gasteiger partial charge on any atom is -0.302 e. The molecule has 112 valence electrons. The molecule has 21 heavy (non-hydrogen) atoms. The molecule has 0 spiro atoms. The minimum absolute atomic E-state index is 1.01.